The highest BCUT2D eigenvalue weighted by atomic mass is 16.5. The average molecular weight is 265 g/mol. The van der Waals surface area contributed by atoms with Gasteiger partial charge in [-0.2, -0.15) is 0 Å². The molecule has 0 aliphatic rings. The van der Waals surface area contributed by atoms with Crippen LogP contribution in [0.1, 0.15) is 37.8 Å². The lowest BCUT2D eigenvalue weighted by Crippen LogP contribution is -2.34. The summed E-state index contributed by atoms with van der Waals surface area (Å²) in [7, 11) is 0. The molecule has 1 unspecified atom stereocenters. The molecule has 0 heterocycles. The minimum atomic E-state index is -0.547. The van der Waals surface area contributed by atoms with Gasteiger partial charge >= 0.3 is 0 Å². The van der Waals surface area contributed by atoms with E-state index in [0.717, 1.165) is 16.9 Å². The van der Waals surface area contributed by atoms with Crippen LogP contribution in [0.5, 0.6) is 5.75 Å². The van der Waals surface area contributed by atoms with Crippen molar-refractivity contribution in [3.05, 3.63) is 29.3 Å². The van der Waals surface area contributed by atoms with Crippen LogP contribution in [0.15, 0.2) is 18.2 Å². The lowest BCUT2D eigenvalue weighted by molar-refractivity contribution is -0.123. The van der Waals surface area contributed by atoms with Crippen molar-refractivity contribution in [3.8, 4) is 5.75 Å². The number of ether oxygens (including phenoxy) is 1. The third kappa shape index (κ3) is 5.30. The van der Waals surface area contributed by atoms with Crippen LogP contribution in [0.4, 0.5) is 0 Å². The van der Waals surface area contributed by atoms with E-state index in [-0.39, 0.29) is 19.1 Å². The molecule has 4 nitrogen and oxygen atoms in total. The first-order valence-electron chi connectivity index (χ1n) is 6.58. The van der Waals surface area contributed by atoms with Crippen molar-refractivity contribution in [1.29, 1.82) is 0 Å². The Balaban J connectivity index is 2.61. The number of benzene rings is 1. The Bertz CT molecular complexity index is 427. The highest BCUT2D eigenvalue weighted by Gasteiger charge is 2.10. The number of amides is 1. The Morgan fingerprint density at radius 3 is 2.63 bits per heavy atom. The molecule has 1 atom stereocenters. The number of rotatable bonds is 6. The van der Waals surface area contributed by atoms with Gasteiger partial charge in [-0.25, -0.2) is 0 Å². The van der Waals surface area contributed by atoms with Gasteiger partial charge in [-0.05, 0) is 37.0 Å². The Morgan fingerprint density at radius 1 is 1.37 bits per heavy atom. The third-order valence-corrected chi connectivity index (χ3v) is 2.74. The molecule has 2 N–H and O–H groups in total. The summed E-state index contributed by atoms with van der Waals surface area (Å²) < 4.78 is 5.58. The third-order valence-electron chi connectivity index (χ3n) is 2.74. The second-order valence-corrected chi connectivity index (χ2v) is 5.14. The van der Waals surface area contributed by atoms with Gasteiger partial charge in [0.2, 0.25) is 0 Å². The number of aliphatic hydroxyl groups is 1. The molecular weight excluding hydrogens is 242 g/mol. The fourth-order valence-electron chi connectivity index (χ4n) is 1.70. The Morgan fingerprint density at radius 2 is 2.05 bits per heavy atom. The van der Waals surface area contributed by atoms with Gasteiger partial charge in [0.25, 0.3) is 5.91 Å². The van der Waals surface area contributed by atoms with E-state index in [2.05, 4.69) is 19.2 Å². The second kappa shape index (κ2) is 7.14. The molecular formula is C15H23NO3. The lowest BCUT2D eigenvalue weighted by atomic mass is 10.0. The molecule has 0 aliphatic carbocycles. The number of aliphatic hydroxyl groups excluding tert-OH is 1. The van der Waals surface area contributed by atoms with Gasteiger partial charge in [0, 0.05) is 6.54 Å². The maximum Gasteiger partial charge on any atom is 0.258 e. The van der Waals surface area contributed by atoms with Gasteiger partial charge in [-0.1, -0.05) is 26.0 Å². The number of carbonyl (C=O) groups excluding carboxylic acids is 1. The van der Waals surface area contributed by atoms with E-state index in [1.165, 1.54) is 0 Å². The van der Waals surface area contributed by atoms with Gasteiger partial charge in [0.05, 0.1) is 6.10 Å². The second-order valence-electron chi connectivity index (χ2n) is 5.14. The quantitative estimate of drug-likeness (QED) is 0.827. The molecule has 0 fully saturated rings. The molecule has 4 heteroatoms. The topological polar surface area (TPSA) is 58.6 Å². The van der Waals surface area contributed by atoms with E-state index < -0.39 is 6.10 Å². The van der Waals surface area contributed by atoms with Crippen LogP contribution in [0, 0.1) is 6.92 Å². The van der Waals surface area contributed by atoms with Gasteiger partial charge in [-0.3, -0.25) is 4.79 Å². The number of aryl methyl sites for hydroxylation is 1. The van der Waals surface area contributed by atoms with Gasteiger partial charge in [0.1, 0.15) is 5.75 Å². The van der Waals surface area contributed by atoms with Crippen LogP contribution >= 0.6 is 0 Å². The maximum atomic E-state index is 11.5. The normalized spacial score (nSPS) is 12.3. The van der Waals surface area contributed by atoms with Crippen molar-refractivity contribution in [2.45, 2.75) is 39.7 Å². The minimum absolute atomic E-state index is 0.0319. The first-order chi connectivity index (χ1) is 8.90. The largest absolute Gasteiger partial charge is 0.483 e. The zero-order valence-corrected chi connectivity index (χ0v) is 12.1. The zero-order valence-electron chi connectivity index (χ0n) is 12.1. The molecule has 0 bridgehead atoms. The smallest absolute Gasteiger partial charge is 0.258 e. The van der Waals surface area contributed by atoms with Crippen molar-refractivity contribution in [1.82, 2.24) is 5.32 Å². The van der Waals surface area contributed by atoms with E-state index in [9.17, 15) is 4.79 Å². The molecule has 0 saturated carbocycles. The van der Waals surface area contributed by atoms with E-state index >= 15 is 0 Å². The van der Waals surface area contributed by atoms with E-state index in [1.807, 2.05) is 25.1 Å². The fourth-order valence-corrected chi connectivity index (χ4v) is 1.70. The Labute approximate surface area is 114 Å². The maximum absolute atomic E-state index is 11.5. The Kier molecular flexibility index (Phi) is 5.83. The molecule has 1 aromatic carbocycles. The van der Waals surface area contributed by atoms with Gasteiger partial charge in [-0.15, -0.1) is 0 Å². The molecule has 1 aromatic rings. The van der Waals surface area contributed by atoms with E-state index in [0.29, 0.717) is 5.92 Å². The van der Waals surface area contributed by atoms with Crippen molar-refractivity contribution in [2.75, 3.05) is 13.2 Å². The highest BCUT2D eigenvalue weighted by molar-refractivity contribution is 5.77. The molecule has 106 valence electrons. The van der Waals surface area contributed by atoms with Crippen LogP contribution in [0.3, 0.4) is 0 Å². The summed E-state index contributed by atoms with van der Waals surface area (Å²) >= 11 is 0. The summed E-state index contributed by atoms with van der Waals surface area (Å²) in [5.41, 5.74) is 2.19. The van der Waals surface area contributed by atoms with E-state index in [1.54, 1.807) is 6.92 Å². The monoisotopic (exact) mass is 265 g/mol. The SMILES string of the molecule is Cc1ccc(C(C)C)c(OCC(=O)NCC(C)O)c1. The first-order valence-corrected chi connectivity index (χ1v) is 6.58. The van der Waals surface area contributed by atoms with Crippen LogP contribution < -0.4 is 10.1 Å². The molecule has 0 aromatic heterocycles. The lowest BCUT2D eigenvalue weighted by Gasteiger charge is -2.15. The molecule has 1 rings (SSSR count). The summed E-state index contributed by atoms with van der Waals surface area (Å²) in [4.78, 5) is 11.5. The van der Waals surface area contributed by atoms with Crippen LogP contribution in [-0.2, 0) is 4.79 Å². The molecule has 0 spiro atoms. The van der Waals surface area contributed by atoms with Crippen LogP contribution in [0.2, 0.25) is 0 Å². The number of carbonyl (C=O) groups is 1. The van der Waals surface area contributed by atoms with Crippen molar-refractivity contribution in [2.24, 2.45) is 0 Å². The summed E-state index contributed by atoms with van der Waals surface area (Å²) in [5.74, 6) is 0.871. The molecule has 0 aliphatic heterocycles. The fraction of sp³-hybridized carbons (Fsp3) is 0.533. The van der Waals surface area contributed by atoms with Crippen LogP contribution in [0.25, 0.3) is 0 Å². The molecule has 0 saturated heterocycles. The van der Waals surface area contributed by atoms with Crippen molar-refractivity contribution < 1.29 is 14.6 Å². The van der Waals surface area contributed by atoms with Crippen LogP contribution in [-0.4, -0.2) is 30.3 Å². The first kappa shape index (κ1) is 15.5. The molecule has 0 radical (unpaired) electrons. The highest BCUT2D eigenvalue weighted by Crippen LogP contribution is 2.27. The summed E-state index contributed by atoms with van der Waals surface area (Å²) in [6.45, 7) is 8.00. The summed E-state index contributed by atoms with van der Waals surface area (Å²) in [6, 6.07) is 6.01. The predicted molar refractivity (Wildman–Crippen MR) is 75.5 cm³/mol. The molecule has 19 heavy (non-hydrogen) atoms. The minimum Gasteiger partial charge on any atom is -0.483 e. The number of hydrogen-bond donors (Lipinski definition) is 2. The predicted octanol–water partition coefficient (Wildman–Crippen LogP) is 1.99. The summed E-state index contributed by atoms with van der Waals surface area (Å²) in [5, 5.41) is 11.7. The van der Waals surface area contributed by atoms with Gasteiger partial charge in [0.15, 0.2) is 6.61 Å². The summed E-state index contributed by atoms with van der Waals surface area (Å²) in [6.07, 6.45) is -0.547. The molecule has 1 amide bonds. The van der Waals surface area contributed by atoms with Crippen molar-refractivity contribution >= 4 is 5.91 Å². The number of hydrogen-bond acceptors (Lipinski definition) is 3. The Hall–Kier alpha value is -1.55. The zero-order chi connectivity index (χ0) is 14.4. The standard InChI is InChI=1S/C15H23NO3/c1-10(2)13-6-5-11(3)7-14(13)19-9-15(18)16-8-12(4)17/h5-7,10,12,17H,8-9H2,1-4H3,(H,16,18). The van der Waals surface area contributed by atoms with Gasteiger partial charge < -0.3 is 15.2 Å². The average Bonchev–Trinajstić information content (AvgIpc) is 2.33. The van der Waals surface area contributed by atoms with Crippen molar-refractivity contribution in [3.63, 3.8) is 0 Å². The van der Waals surface area contributed by atoms with E-state index in [4.69, 9.17) is 9.84 Å². The number of nitrogens with one attached hydrogen (secondary N) is 1.